The molecule has 0 bridgehead atoms. The van der Waals surface area contributed by atoms with E-state index in [1.807, 2.05) is 0 Å². The van der Waals surface area contributed by atoms with E-state index in [1.54, 1.807) is 13.8 Å². The van der Waals surface area contributed by atoms with Crippen molar-refractivity contribution in [3.8, 4) is 0 Å². The van der Waals surface area contributed by atoms with Crippen molar-refractivity contribution >= 4 is 47.5 Å². The Morgan fingerprint density at radius 3 is 1.55 bits per heavy atom. The van der Waals surface area contributed by atoms with Crippen LogP contribution in [0.4, 0.5) is 0 Å². The lowest BCUT2D eigenvalue weighted by Gasteiger charge is -2.17. The van der Waals surface area contributed by atoms with Crippen molar-refractivity contribution in [3.05, 3.63) is 0 Å². The van der Waals surface area contributed by atoms with E-state index in [0.717, 1.165) is 0 Å². The zero-order valence-corrected chi connectivity index (χ0v) is 21.7. The highest BCUT2D eigenvalue weighted by Gasteiger charge is 2.34. The molecule has 0 aromatic rings. The molecular formula is C23H32N2O13. The van der Waals surface area contributed by atoms with Crippen LogP contribution in [0.5, 0.6) is 0 Å². The van der Waals surface area contributed by atoms with Gasteiger partial charge in [-0.3, -0.25) is 28.8 Å². The fraction of sp³-hybridized carbons (Fsp3) is 0.652. The average molecular weight is 545 g/mol. The standard InChI is InChI=1S/C15H21NO9.C8H11NO4/c1-10(17)23-8-12(9-24-11(2)18)22-7-3-4-15(21)25-16-13(19)5-6-14(16)20;1-5(2)8(12)13-9-6(10)3-4-7(9)11/h12H,3-9H2,1-2H3;5H,3-4H2,1-2H3. The smallest absolute Gasteiger partial charge is 0.335 e. The van der Waals surface area contributed by atoms with Crippen molar-refractivity contribution in [1.82, 2.24) is 10.1 Å². The zero-order chi connectivity index (χ0) is 28.8. The molecule has 0 unspecified atom stereocenters. The summed E-state index contributed by atoms with van der Waals surface area (Å²) in [5.41, 5.74) is 0. The third kappa shape index (κ3) is 11.9. The Kier molecular flexibility index (Phi) is 13.6. The molecule has 0 aromatic carbocycles. The first-order valence-electron chi connectivity index (χ1n) is 11.8. The van der Waals surface area contributed by atoms with Gasteiger partial charge in [0.2, 0.25) is 0 Å². The fourth-order valence-electron chi connectivity index (χ4n) is 2.69. The topological polar surface area (TPSA) is 189 Å². The van der Waals surface area contributed by atoms with Crippen molar-refractivity contribution < 1.29 is 62.2 Å². The van der Waals surface area contributed by atoms with Crippen LogP contribution < -0.4 is 0 Å². The van der Waals surface area contributed by atoms with Crippen LogP contribution in [-0.4, -0.2) is 83.6 Å². The second-order valence-electron chi connectivity index (χ2n) is 8.39. The van der Waals surface area contributed by atoms with E-state index >= 15 is 0 Å². The molecule has 0 atom stereocenters. The van der Waals surface area contributed by atoms with E-state index < -0.39 is 53.6 Å². The van der Waals surface area contributed by atoms with Crippen molar-refractivity contribution in [1.29, 1.82) is 0 Å². The minimum absolute atomic E-state index is 0.0310. The lowest BCUT2D eigenvalue weighted by atomic mass is 10.2. The van der Waals surface area contributed by atoms with Crippen LogP contribution >= 0.6 is 0 Å². The number of hydrogen-bond acceptors (Lipinski definition) is 13. The summed E-state index contributed by atoms with van der Waals surface area (Å²) in [7, 11) is 0. The minimum Gasteiger partial charge on any atom is -0.463 e. The Labute approximate surface area is 218 Å². The van der Waals surface area contributed by atoms with Gasteiger partial charge in [0.05, 0.1) is 12.3 Å². The molecule has 38 heavy (non-hydrogen) atoms. The molecule has 0 aliphatic carbocycles. The van der Waals surface area contributed by atoms with Crippen LogP contribution in [0.25, 0.3) is 0 Å². The summed E-state index contributed by atoms with van der Waals surface area (Å²) >= 11 is 0. The van der Waals surface area contributed by atoms with Gasteiger partial charge in [-0.1, -0.05) is 13.8 Å². The van der Waals surface area contributed by atoms with Gasteiger partial charge in [0.15, 0.2) is 0 Å². The number of amides is 4. The number of carbonyl (C=O) groups is 8. The van der Waals surface area contributed by atoms with Crippen LogP contribution in [-0.2, 0) is 62.2 Å². The molecule has 0 aromatic heterocycles. The van der Waals surface area contributed by atoms with E-state index in [4.69, 9.17) is 19.0 Å². The summed E-state index contributed by atoms with van der Waals surface area (Å²) in [6.45, 7) is 5.65. The maximum absolute atomic E-state index is 11.6. The molecule has 2 saturated heterocycles. The van der Waals surface area contributed by atoms with E-state index in [1.165, 1.54) is 13.8 Å². The summed E-state index contributed by atoms with van der Waals surface area (Å²) in [4.78, 5) is 98.1. The molecule has 0 radical (unpaired) electrons. The number of imide groups is 2. The largest absolute Gasteiger partial charge is 0.463 e. The first-order chi connectivity index (χ1) is 17.8. The van der Waals surface area contributed by atoms with Crippen LogP contribution in [0, 0.1) is 5.92 Å². The SMILES string of the molecule is CC(=O)OCC(COC(C)=O)OCCCC(=O)ON1C(=O)CCC1=O.CC(C)C(=O)ON1C(=O)CCC1=O. The summed E-state index contributed by atoms with van der Waals surface area (Å²) in [5.74, 6) is -4.62. The van der Waals surface area contributed by atoms with Gasteiger partial charge in [0, 0.05) is 46.1 Å². The molecule has 4 amide bonds. The molecular weight excluding hydrogens is 512 g/mol. The van der Waals surface area contributed by atoms with E-state index in [2.05, 4.69) is 4.84 Å². The maximum atomic E-state index is 11.6. The number of esters is 2. The number of hydrogen-bond donors (Lipinski definition) is 0. The number of ether oxygens (including phenoxy) is 3. The lowest BCUT2D eigenvalue weighted by molar-refractivity contribution is -0.199. The Morgan fingerprint density at radius 1 is 0.737 bits per heavy atom. The fourth-order valence-corrected chi connectivity index (χ4v) is 2.69. The van der Waals surface area contributed by atoms with Crippen molar-refractivity contribution in [2.24, 2.45) is 5.92 Å². The molecule has 2 rings (SSSR count). The minimum atomic E-state index is -0.733. The van der Waals surface area contributed by atoms with Crippen molar-refractivity contribution in [3.63, 3.8) is 0 Å². The number of hydroxylamine groups is 4. The Bertz CT molecular complexity index is 880. The third-order valence-electron chi connectivity index (χ3n) is 4.68. The summed E-state index contributed by atoms with van der Waals surface area (Å²) in [6, 6.07) is 0. The number of carbonyl (C=O) groups excluding carboxylic acids is 8. The Morgan fingerprint density at radius 2 is 1.16 bits per heavy atom. The predicted molar refractivity (Wildman–Crippen MR) is 121 cm³/mol. The molecule has 2 fully saturated rings. The molecule has 0 N–H and O–H groups in total. The zero-order valence-electron chi connectivity index (χ0n) is 21.7. The van der Waals surface area contributed by atoms with Gasteiger partial charge >= 0.3 is 23.9 Å². The first kappa shape index (κ1) is 32.1. The van der Waals surface area contributed by atoms with E-state index in [9.17, 15) is 38.4 Å². The summed E-state index contributed by atoms with van der Waals surface area (Å²) in [5, 5.41) is 1.04. The van der Waals surface area contributed by atoms with Gasteiger partial charge in [-0.2, -0.15) is 0 Å². The van der Waals surface area contributed by atoms with Crippen LogP contribution in [0.1, 0.15) is 66.2 Å². The van der Waals surface area contributed by atoms with Crippen molar-refractivity contribution in [2.75, 3.05) is 19.8 Å². The van der Waals surface area contributed by atoms with Gasteiger partial charge in [0.1, 0.15) is 19.3 Å². The van der Waals surface area contributed by atoms with Crippen LogP contribution in [0.2, 0.25) is 0 Å². The predicted octanol–water partition coefficient (Wildman–Crippen LogP) is 0.135. The van der Waals surface area contributed by atoms with Gasteiger partial charge in [-0.15, -0.1) is 10.1 Å². The molecule has 2 aliphatic heterocycles. The second kappa shape index (κ2) is 16.1. The molecule has 2 aliphatic rings. The molecule has 2 heterocycles. The third-order valence-corrected chi connectivity index (χ3v) is 4.68. The van der Waals surface area contributed by atoms with Gasteiger partial charge in [-0.25, -0.2) is 9.59 Å². The highest BCUT2D eigenvalue weighted by atomic mass is 16.7. The molecule has 15 nitrogen and oxygen atoms in total. The first-order valence-corrected chi connectivity index (χ1v) is 11.8. The average Bonchev–Trinajstić information content (AvgIpc) is 3.33. The molecule has 0 spiro atoms. The second-order valence-corrected chi connectivity index (χ2v) is 8.39. The van der Waals surface area contributed by atoms with E-state index in [-0.39, 0.29) is 64.3 Å². The van der Waals surface area contributed by atoms with Crippen LogP contribution in [0.3, 0.4) is 0 Å². The quantitative estimate of drug-likeness (QED) is 0.183. The van der Waals surface area contributed by atoms with Gasteiger partial charge < -0.3 is 23.9 Å². The number of rotatable bonds is 12. The van der Waals surface area contributed by atoms with Crippen molar-refractivity contribution in [2.45, 2.75) is 72.3 Å². The Hall–Kier alpha value is -3.88. The maximum Gasteiger partial charge on any atom is 0.335 e. The summed E-state index contributed by atoms with van der Waals surface area (Å²) < 4.78 is 15.0. The normalized spacial score (nSPS) is 15.0. The Balaban J connectivity index is 0.000000464. The highest BCUT2D eigenvalue weighted by Crippen LogP contribution is 2.14. The van der Waals surface area contributed by atoms with E-state index in [0.29, 0.717) is 10.1 Å². The highest BCUT2D eigenvalue weighted by molar-refractivity contribution is 6.02. The summed E-state index contributed by atoms with van der Waals surface area (Å²) in [6.07, 6.45) is -0.178. The monoisotopic (exact) mass is 544 g/mol. The molecule has 15 heteroatoms. The lowest BCUT2D eigenvalue weighted by Crippen LogP contribution is -2.33. The van der Waals surface area contributed by atoms with Gasteiger partial charge in [-0.05, 0) is 6.42 Å². The molecule has 0 saturated carbocycles. The van der Waals surface area contributed by atoms with Crippen LogP contribution in [0.15, 0.2) is 0 Å². The van der Waals surface area contributed by atoms with Gasteiger partial charge in [0.25, 0.3) is 23.6 Å². The number of nitrogens with zero attached hydrogens (tertiary/aromatic N) is 2. The molecule has 212 valence electrons.